The Morgan fingerprint density at radius 2 is 1.95 bits per heavy atom. The highest BCUT2D eigenvalue weighted by molar-refractivity contribution is 6.29. The van der Waals surface area contributed by atoms with E-state index in [4.69, 9.17) is 11.6 Å². The van der Waals surface area contributed by atoms with E-state index in [1.807, 2.05) is 0 Å². The molecule has 8 heteroatoms. The van der Waals surface area contributed by atoms with Gasteiger partial charge in [0.05, 0.1) is 6.54 Å². The number of alkyl halides is 3. The SMILES string of the molecule is O=C(c1ccnc(Cl)c1)N1CCN(CC(F)(F)F)CC1. The molecule has 1 aromatic rings. The molecule has 0 bridgehead atoms. The third-order valence-electron chi connectivity index (χ3n) is 3.04. The van der Waals surface area contributed by atoms with Crippen molar-refractivity contribution < 1.29 is 18.0 Å². The predicted octanol–water partition coefficient (Wildman–Crippen LogP) is 2.06. The third-order valence-corrected chi connectivity index (χ3v) is 3.24. The summed E-state index contributed by atoms with van der Waals surface area (Å²) in [6.07, 6.45) is -2.78. The number of aromatic nitrogens is 1. The van der Waals surface area contributed by atoms with Crippen LogP contribution in [0.25, 0.3) is 0 Å². The fraction of sp³-hybridized carbons (Fsp3) is 0.500. The van der Waals surface area contributed by atoms with E-state index in [-0.39, 0.29) is 37.2 Å². The highest BCUT2D eigenvalue weighted by Crippen LogP contribution is 2.18. The fourth-order valence-corrected chi connectivity index (χ4v) is 2.25. The van der Waals surface area contributed by atoms with Crippen molar-refractivity contribution in [2.45, 2.75) is 6.18 Å². The summed E-state index contributed by atoms with van der Waals surface area (Å²) in [5.41, 5.74) is 0.397. The number of hydrogen-bond acceptors (Lipinski definition) is 3. The van der Waals surface area contributed by atoms with Gasteiger partial charge < -0.3 is 4.90 Å². The van der Waals surface area contributed by atoms with E-state index in [1.54, 1.807) is 0 Å². The topological polar surface area (TPSA) is 36.4 Å². The zero-order valence-electron chi connectivity index (χ0n) is 10.5. The van der Waals surface area contributed by atoms with Gasteiger partial charge in [-0.25, -0.2) is 4.98 Å². The van der Waals surface area contributed by atoms with Gasteiger partial charge in [0.15, 0.2) is 0 Å². The average molecular weight is 308 g/mol. The van der Waals surface area contributed by atoms with Crippen LogP contribution < -0.4 is 0 Å². The van der Waals surface area contributed by atoms with Crippen LogP contribution in [0.3, 0.4) is 0 Å². The Hall–Kier alpha value is -1.34. The Bertz CT molecular complexity index is 487. The molecule has 2 heterocycles. The molecule has 0 spiro atoms. The second-order valence-corrected chi connectivity index (χ2v) is 4.94. The van der Waals surface area contributed by atoms with Gasteiger partial charge in [0, 0.05) is 37.9 Å². The molecule has 0 saturated carbocycles. The highest BCUT2D eigenvalue weighted by atomic mass is 35.5. The summed E-state index contributed by atoms with van der Waals surface area (Å²) >= 11 is 5.71. The van der Waals surface area contributed by atoms with Crippen molar-refractivity contribution in [3.63, 3.8) is 0 Å². The lowest BCUT2D eigenvalue weighted by molar-refractivity contribution is -0.148. The van der Waals surface area contributed by atoms with Crippen molar-refractivity contribution in [2.24, 2.45) is 0 Å². The molecule has 1 aliphatic rings. The lowest BCUT2D eigenvalue weighted by Gasteiger charge is -2.35. The molecule has 110 valence electrons. The van der Waals surface area contributed by atoms with E-state index >= 15 is 0 Å². The molecule has 0 N–H and O–H groups in total. The minimum absolute atomic E-state index is 0.212. The predicted molar refractivity (Wildman–Crippen MR) is 67.6 cm³/mol. The number of amides is 1. The van der Waals surface area contributed by atoms with Crippen LogP contribution in [-0.4, -0.2) is 59.6 Å². The molecule has 4 nitrogen and oxygen atoms in total. The first-order valence-electron chi connectivity index (χ1n) is 6.05. The second-order valence-electron chi connectivity index (χ2n) is 4.55. The second kappa shape index (κ2) is 5.97. The Morgan fingerprint density at radius 3 is 2.50 bits per heavy atom. The number of hydrogen-bond donors (Lipinski definition) is 0. The molecule has 0 radical (unpaired) electrons. The van der Waals surface area contributed by atoms with Crippen molar-refractivity contribution in [3.8, 4) is 0 Å². The van der Waals surface area contributed by atoms with Crippen LogP contribution in [0.2, 0.25) is 5.15 Å². The van der Waals surface area contributed by atoms with Gasteiger partial charge in [0.25, 0.3) is 5.91 Å². The number of nitrogens with zero attached hydrogens (tertiary/aromatic N) is 3. The molecule has 2 rings (SSSR count). The maximum atomic E-state index is 12.3. The summed E-state index contributed by atoms with van der Waals surface area (Å²) in [6.45, 7) is 0.0357. The molecular weight excluding hydrogens is 295 g/mol. The molecule has 0 atom stereocenters. The Morgan fingerprint density at radius 1 is 1.30 bits per heavy atom. The van der Waals surface area contributed by atoms with Crippen LogP contribution in [0.4, 0.5) is 13.2 Å². The van der Waals surface area contributed by atoms with Crippen molar-refractivity contribution >= 4 is 17.5 Å². The number of pyridine rings is 1. The van der Waals surface area contributed by atoms with Crippen LogP contribution in [0.5, 0.6) is 0 Å². The number of piperazine rings is 1. The van der Waals surface area contributed by atoms with Gasteiger partial charge in [-0.05, 0) is 12.1 Å². The molecule has 20 heavy (non-hydrogen) atoms. The van der Waals surface area contributed by atoms with Crippen LogP contribution in [-0.2, 0) is 0 Å². The van der Waals surface area contributed by atoms with Crippen molar-refractivity contribution in [1.29, 1.82) is 0 Å². The Labute approximate surface area is 119 Å². The molecule has 0 aliphatic carbocycles. The largest absolute Gasteiger partial charge is 0.401 e. The monoisotopic (exact) mass is 307 g/mol. The highest BCUT2D eigenvalue weighted by Gasteiger charge is 2.32. The molecule has 1 amide bonds. The third kappa shape index (κ3) is 4.08. The van der Waals surface area contributed by atoms with Gasteiger partial charge in [-0.1, -0.05) is 11.6 Å². The molecule has 1 aliphatic heterocycles. The van der Waals surface area contributed by atoms with Gasteiger partial charge in [0.2, 0.25) is 0 Å². The summed E-state index contributed by atoms with van der Waals surface area (Å²) in [4.78, 5) is 18.7. The Balaban J connectivity index is 1.92. The molecule has 1 aromatic heterocycles. The van der Waals surface area contributed by atoms with Gasteiger partial charge >= 0.3 is 6.18 Å². The molecule has 1 fully saturated rings. The van der Waals surface area contributed by atoms with E-state index < -0.39 is 12.7 Å². The number of carbonyl (C=O) groups excluding carboxylic acids is 1. The van der Waals surface area contributed by atoms with E-state index in [1.165, 1.54) is 28.1 Å². The fourth-order valence-electron chi connectivity index (χ4n) is 2.08. The maximum Gasteiger partial charge on any atom is 0.401 e. The van der Waals surface area contributed by atoms with E-state index in [2.05, 4.69) is 4.98 Å². The summed E-state index contributed by atoms with van der Waals surface area (Å²) < 4.78 is 36.8. The number of carbonyl (C=O) groups is 1. The molecular formula is C12H13ClF3N3O. The summed E-state index contributed by atoms with van der Waals surface area (Å²) in [5, 5.41) is 0.214. The minimum atomic E-state index is -4.20. The van der Waals surface area contributed by atoms with Crippen molar-refractivity contribution in [2.75, 3.05) is 32.7 Å². The van der Waals surface area contributed by atoms with Crippen molar-refractivity contribution in [3.05, 3.63) is 29.0 Å². The lowest BCUT2D eigenvalue weighted by Crippen LogP contribution is -2.50. The smallest absolute Gasteiger partial charge is 0.336 e. The van der Waals surface area contributed by atoms with E-state index in [0.717, 1.165) is 0 Å². The molecule has 0 unspecified atom stereocenters. The van der Waals surface area contributed by atoms with Gasteiger partial charge in [-0.15, -0.1) is 0 Å². The first-order chi connectivity index (χ1) is 9.35. The molecule has 1 saturated heterocycles. The van der Waals surface area contributed by atoms with Crippen LogP contribution >= 0.6 is 11.6 Å². The van der Waals surface area contributed by atoms with Crippen molar-refractivity contribution in [1.82, 2.24) is 14.8 Å². The average Bonchev–Trinajstić information content (AvgIpc) is 2.37. The number of halogens is 4. The normalized spacial score (nSPS) is 17.3. The number of rotatable bonds is 2. The van der Waals surface area contributed by atoms with Gasteiger partial charge in [-0.2, -0.15) is 13.2 Å². The zero-order chi connectivity index (χ0) is 14.8. The van der Waals surface area contributed by atoms with Crippen LogP contribution in [0.1, 0.15) is 10.4 Å². The summed E-state index contributed by atoms with van der Waals surface area (Å²) in [7, 11) is 0. The molecule has 0 aromatic carbocycles. The van der Waals surface area contributed by atoms with Gasteiger partial charge in [0.1, 0.15) is 5.15 Å². The lowest BCUT2D eigenvalue weighted by atomic mass is 10.2. The first-order valence-corrected chi connectivity index (χ1v) is 6.43. The first kappa shape index (κ1) is 15.1. The van der Waals surface area contributed by atoms with Crippen LogP contribution in [0, 0.1) is 0 Å². The standard InChI is InChI=1S/C12H13ClF3N3O/c13-10-7-9(1-2-17-10)11(20)19-5-3-18(4-6-19)8-12(14,15)16/h1-2,7H,3-6,8H2. The maximum absolute atomic E-state index is 12.3. The van der Waals surface area contributed by atoms with Crippen LogP contribution in [0.15, 0.2) is 18.3 Å². The summed E-state index contributed by atoms with van der Waals surface area (Å²) in [6, 6.07) is 2.99. The summed E-state index contributed by atoms with van der Waals surface area (Å²) in [5.74, 6) is -0.235. The Kier molecular flexibility index (Phi) is 4.49. The zero-order valence-corrected chi connectivity index (χ0v) is 11.3. The minimum Gasteiger partial charge on any atom is -0.336 e. The quantitative estimate of drug-likeness (QED) is 0.785. The van der Waals surface area contributed by atoms with Gasteiger partial charge in [-0.3, -0.25) is 9.69 Å². The van der Waals surface area contributed by atoms with E-state index in [0.29, 0.717) is 5.56 Å². The van der Waals surface area contributed by atoms with E-state index in [9.17, 15) is 18.0 Å².